The van der Waals surface area contributed by atoms with Crippen LogP contribution < -0.4 is 11.1 Å². The molecule has 0 bridgehead atoms. The lowest BCUT2D eigenvalue weighted by Gasteiger charge is -2.02. The minimum Gasteiger partial charge on any atom is -0.399 e. The molecule has 100 valence electrons. The molecule has 0 aliphatic carbocycles. The molecule has 4 N–H and O–H groups in total. The number of amides is 1. The predicted molar refractivity (Wildman–Crippen MR) is 74.9 cm³/mol. The van der Waals surface area contributed by atoms with Crippen LogP contribution in [-0.2, 0) is 0 Å². The van der Waals surface area contributed by atoms with Crippen LogP contribution in [0.4, 0.5) is 15.8 Å². The van der Waals surface area contributed by atoms with E-state index in [1.165, 1.54) is 18.3 Å². The molecule has 20 heavy (non-hydrogen) atoms. The first kappa shape index (κ1) is 12.2. The first-order valence-corrected chi connectivity index (χ1v) is 5.93. The van der Waals surface area contributed by atoms with Gasteiger partial charge in [-0.3, -0.25) is 4.79 Å². The molecule has 0 unspecified atom stereocenters. The van der Waals surface area contributed by atoms with Gasteiger partial charge in [0.15, 0.2) is 0 Å². The summed E-state index contributed by atoms with van der Waals surface area (Å²) >= 11 is 0. The number of halogens is 1. The van der Waals surface area contributed by atoms with E-state index in [0.717, 1.165) is 10.9 Å². The van der Waals surface area contributed by atoms with Crippen molar-refractivity contribution in [1.29, 1.82) is 0 Å². The number of carbonyl (C=O) groups is 1. The summed E-state index contributed by atoms with van der Waals surface area (Å²) in [6.07, 6.45) is 1.26. The average Bonchev–Trinajstić information content (AvgIpc) is 2.84. The number of H-pyrrole nitrogens is 1. The van der Waals surface area contributed by atoms with E-state index in [-0.39, 0.29) is 5.91 Å². The number of benzene rings is 1. The maximum absolute atomic E-state index is 12.7. The molecular formula is C14H11FN4O. The molecule has 0 saturated carbocycles. The third-order valence-electron chi connectivity index (χ3n) is 2.87. The maximum Gasteiger partial charge on any atom is 0.272 e. The molecule has 1 amide bonds. The average molecular weight is 270 g/mol. The molecule has 3 rings (SSSR count). The Kier molecular flexibility index (Phi) is 2.83. The van der Waals surface area contributed by atoms with Crippen molar-refractivity contribution < 1.29 is 9.18 Å². The van der Waals surface area contributed by atoms with Gasteiger partial charge in [0.25, 0.3) is 5.91 Å². The number of aromatic nitrogens is 2. The molecule has 0 aliphatic rings. The van der Waals surface area contributed by atoms with Gasteiger partial charge in [0.05, 0.1) is 11.9 Å². The predicted octanol–water partition coefficient (Wildman–Crippen LogP) is 2.54. The maximum atomic E-state index is 12.7. The molecule has 3 aromatic rings. The Morgan fingerprint density at radius 1 is 1.25 bits per heavy atom. The number of anilines is 2. The Labute approximate surface area is 113 Å². The number of aromatic amines is 1. The number of carbonyl (C=O) groups excluding carboxylic acids is 1. The minimum atomic E-state index is -0.593. The van der Waals surface area contributed by atoms with Gasteiger partial charge in [-0.2, -0.15) is 4.39 Å². The van der Waals surface area contributed by atoms with Crippen LogP contribution >= 0.6 is 0 Å². The van der Waals surface area contributed by atoms with Gasteiger partial charge in [0, 0.05) is 16.6 Å². The zero-order chi connectivity index (χ0) is 14.1. The quantitative estimate of drug-likeness (QED) is 0.494. The highest BCUT2D eigenvalue weighted by atomic mass is 19.1. The lowest BCUT2D eigenvalue weighted by Crippen LogP contribution is -2.12. The van der Waals surface area contributed by atoms with Crippen LogP contribution in [0.25, 0.3) is 10.9 Å². The van der Waals surface area contributed by atoms with Crippen molar-refractivity contribution in [2.75, 3.05) is 11.1 Å². The number of nitrogens with two attached hydrogens (primary N) is 1. The Balaban J connectivity index is 1.86. The monoisotopic (exact) mass is 270 g/mol. The third kappa shape index (κ3) is 2.31. The van der Waals surface area contributed by atoms with E-state index >= 15 is 0 Å². The summed E-state index contributed by atoms with van der Waals surface area (Å²) in [4.78, 5) is 18.5. The molecule has 1 aromatic carbocycles. The van der Waals surface area contributed by atoms with Gasteiger partial charge in [-0.25, -0.2) is 4.98 Å². The van der Waals surface area contributed by atoms with Crippen LogP contribution in [0.3, 0.4) is 0 Å². The van der Waals surface area contributed by atoms with Gasteiger partial charge in [-0.05, 0) is 36.4 Å². The number of fused-ring (bicyclic) bond motifs is 1. The molecule has 2 heterocycles. The van der Waals surface area contributed by atoms with Gasteiger partial charge >= 0.3 is 0 Å². The molecule has 5 nitrogen and oxygen atoms in total. The molecular weight excluding hydrogens is 259 g/mol. The molecule has 0 saturated heterocycles. The van der Waals surface area contributed by atoms with Gasteiger partial charge in [-0.15, -0.1) is 0 Å². The minimum absolute atomic E-state index is 0.326. The smallest absolute Gasteiger partial charge is 0.272 e. The summed E-state index contributed by atoms with van der Waals surface area (Å²) in [6.45, 7) is 0. The highest BCUT2D eigenvalue weighted by Crippen LogP contribution is 2.19. The summed E-state index contributed by atoms with van der Waals surface area (Å²) in [7, 11) is 0. The SMILES string of the molecule is Nc1ccc2[nH]c(C(=O)Nc3ccc(F)nc3)cc2c1. The second-order valence-electron chi connectivity index (χ2n) is 4.35. The van der Waals surface area contributed by atoms with Gasteiger partial charge < -0.3 is 16.0 Å². The highest BCUT2D eigenvalue weighted by Gasteiger charge is 2.10. The zero-order valence-electron chi connectivity index (χ0n) is 10.4. The van der Waals surface area contributed by atoms with E-state index < -0.39 is 5.95 Å². The Bertz CT molecular complexity index is 779. The van der Waals surface area contributed by atoms with Crippen LogP contribution in [0.5, 0.6) is 0 Å². The van der Waals surface area contributed by atoms with E-state index in [9.17, 15) is 9.18 Å². The molecule has 0 atom stereocenters. The lowest BCUT2D eigenvalue weighted by atomic mass is 10.2. The summed E-state index contributed by atoms with van der Waals surface area (Å²) in [5, 5.41) is 3.48. The second kappa shape index (κ2) is 4.65. The number of nitrogens with one attached hydrogen (secondary N) is 2. The third-order valence-corrected chi connectivity index (χ3v) is 2.87. The Morgan fingerprint density at radius 2 is 2.10 bits per heavy atom. The topological polar surface area (TPSA) is 83.8 Å². The van der Waals surface area contributed by atoms with Crippen molar-refractivity contribution in [3.8, 4) is 0 Å². The van der Waals surface area contributed by atoms with Crippen LogP contribution in [0.1, 0.15) is 10.5 Å². The van der Waals surface area contributed by atoms with E-state index in [0.29, 0.717) is 17.1 Å². The van der Waals surface area contributed by atoms with Crippen LogP contribution in [0.15, 0.2) is 42.6 Å². The highest BCUT2D eigenvalue weighted by molar-refractivity contribution is 6.06. The number of pyridine rings is 1. The van der Waals surface area contributed by atoms with E-state index in [1.54, 1.807) is 24.3 Å². The van der Waals surface area contributed by atoms with Crippen molar-refractivity contribution in [2.45, 2.75) is 0 Å². The molecule has 2 aromatic heterocycles. The van der Waals surface area contributed by atoms with Crippen LogP contribution in [-0.4, -0.2) is 15.9 Å². The normalized spacial score (nSPS) is 10.7. The molecule has 0 aliphatic heterocycles. The summed E-state index contributed by atoms with van der Waals surface area (Å²) in [6, 6.07) is 9.67. The summed E-state index contributed by atoms with van der Waals surface area (Å²) in [5.74, 6) is -0.919. The van der Waals surface area contributed by atoms with Gasteiger partial charge in [-0.1, -0.05) is 0 Å². The number of rotatable bonds is 2. The standard InChI is InChI=1S/C14H11FN4O/c15-13-4-2-10(7-17-13)18-14(20)12-6-8-5-9(16)1-3-11(8)19-12/h1-7,19H,16H2,(H,18,20). The number of nitrogen functional groups attached to an aromatic ring is 1. The van der Waals surface area contributed by atoms with Crippen molar-refractivity contribution in [2.24, 2.45) is 0 Å². The fourth-order valence-corrected chi connectivity index (χ4v) is 1.92. The van der Waals surface area contributed by atoms with E-state index in [4.69, 9.17) is 5.73 Å². The molecule has 0 fully saturated rings. The first-order chi connectivity index (χ1) is 9.61. The fraction of sp³-hybridized carbons (Fsp3) is 0. The Hall–Kier alpha value is -2.89. The molecule has 6 heteroatoms. The first-order valence-electron chi connectivity index (χ1n) is 5.93. The van der Waals surface area contributed by atoms with Crippen molar-refractivity contribution in [3.05, 3.63) is 54.2 Å². The van der Waals surface area contributed by atoms with Crippen molar-refractivity contribution in [3.63, 3.8) is 0 Å². The number of hydrogen-bond donors (Lipinski definition) is 3. The largest absolute Gasteiger partial charge is 0.399 e. The van der Waals surface area contributed by atoms with Crippen molar-refractivity contribution >= 4 is 28.2 Å². The second-order valence-corrected chi connectivity index (χ2v) is 4.35. The summed E-state index contributed by atoms with van der Waals surface area (Å²) in [5.41, 5.74) is 7.96. The number of nitrogens with zero attached hydrogens (tertiary/aromatic N) is 1. The van der Waals surface area contributed by atoms with E-state index in [1.807, 2.05) is 0 Å². The zero-order valence-corrected chi connectivity index (χ0v) is 10.4. The Morgan fingerprint density at radius 3 is 2.85 bits per heavy atom. The fourth-order valence-electron chi connectivity index (χ4n) is 1.92. The van der Waals surface area contributed by atoms with Gasteiger partial charge in [0.2, 0.25) is 5.95 Å². The van der Waals surface area contributed by atoms with Gasteiger partial charge in [0.1, 0.15) is 5.69 Å². The van der Waals surface area contributed by atoms with E-state index in [2.05, 4.69) is 15.3 Å². The number of hydrogen-bond acceptors (Lipinski definition) is 3. The van der Waals surface area contributed by atoms with Crippen molar-refractivity contribution in [1.82, 2.24) is 9.97 Å². The molecule has 0 spiro atoms. The summed E-state index contributed by atoms with van der Waals surface area (Å²) < 4.78 is 12.7. The van der Waals surface area contributed by atoms with Crippen LogP contribution in [0.2, 0.25) is 0 Å². The lowest BCUT2D eigenvalue weighted by molar-refractivity contribution is 0.102. The van der Waals surface area contributed by atoms with Crippen LogP contribution in [0, 0.1) is 5.95 Å². The molecule has 0 radical (unpaired) electrons.